The van der Waals surface area contributed by atoms with Crippen molar-refractivity contribution < 1.29 is 14.1 Å². The Labute approximate surface area is 167 Å². The maximum atomic E-state index is 12.7. The van der Waals surface area contributed by atoms with Crippen molar-refractivity contribution in [3.8, 4) is 17.2 Å². The summed E-state index contributed by atoms with van der Waals surface area (Å²) in [5, 5.41) is 5.28. The van der Waals surface area contributed by atoms with E-state index in [1.54, 1.807) is 12.0 Å². The quantitative estimate of drug-likeness (QED) is 0.570. The minimum Gasteiger partial charge on any atom is -0.495 e. The maximum absolute atomic E-state index is 12.7. The molecule has 0 radical (unpaired) electrons. The van der Waals surface area contributed by atoms with Gasteiger partial charge in [0.15, 0.2) is 5.82 Å². The van der Waals surface area contributed by atoms with E-state index in [1.165, 1.54) is 0 Å². The number of aromatic amines is 1. The summed E-state index contributed by atoms with van der Waals surface area (Å²) in [7, 11) is 1.61. The van der Waals surface area contributed by atoms with E-state index in [9.17, 15) is 4.79 Å². The number of hydrogen-bond donors (Lipinski definition) is 1. The lowest BCUT2D eigenvalue weighted by atomic mass is 10.1. The van der Waals surface area contributed by atoms with Gasteiger partial charge >= 0.3 is 0 Å². The van der Waals surface area contributed by atoms with Gasteiger partial charge in [-0.1, -0.05) is 17.3 Å². The number of hydrogen-bond acceptors (Lipinski definition) is 5. The molecule has 1 N–H and O–H groups in total. The molecule has 0 saturated carbocycles. The lowest BCUT2D eigenvalue weighted by Gasteiger charge is -2.19. The number of carbonyl (C=O) groups excluding carboxylic acids is 1. The van der Waals surface area contributed by atoms with Crippen LogP contribution < -0.4 is 9.64 Å². The number of nitrogens with one attached hydrogen (secondary N) is 1. The van der Waals surface area contributed by atoms with Crippen LogP contribution in [0.25, 0.3) is 22.4 Å². The Morgan fingerprint density at radius 1 is 1.21 bits per heavy atom. The summed E-state index contributed by atoms with van der Waals surface area (Å²) in [6.07, 6.45) is 2.23. The molecule has 29 heavy (non-hydrogen) atoms. The number of rotatable bonds is 4. The number of ether oxygens (including phenoxy) is 1. The molecule has 2 aromatic heterocycles. The molecule has 0 spiro atoms. The number of fused-ring (bicyclic) bond motifs is 1. The Balaban J connectivity index is 1.41. The molecule has 1 amide bonds. The predicted molar refractivity (Wildman–Crippen MR) is 109 cm³/mol. The lowest BCUT2D eigenvalue weighted by molar-refractivity contribution is -0.117. The van der Waals surface area contributed by atoms with Crippen LogP contribution in [0.5, 0.6) is 5.75 Å². The van der Waals surface area contributed by atoms with Gasteiger partial charge in [0.05, 0.1) is 12.8 Å². The number of aryl methyl sites for hydroxylation is 1. The van der Waals surface area contributed by atoms with Crippen LogP contribution in [0.4, 0.5) is 5.69 Å². The van der Waals surface area contributed by atoms with Gasteiger partial charge in [0.2, 0.25) is 5.91 Å². The number of carbonyl (C=O) groups is 1. The first kappa shape index (κ1) is 17.5. The summed E-state index contributed by atoms with van der Waals surface area (Å²) in [6, 6.07) is 13.8. The van der Waals surface area contributed by atoms with E-state index in [0.717, 1.165) is 27.7 Å². The lowest BCUT2D eigenvalue weighted by Crippen LogP contribution is -2.25. The van der Waals surface area contributed by atoms with Crippen LogP contribution in [0.3, 0.4) is 0 Å². The zero-order chi connectivity index (χ0) is 20.0. The highest BCUT2D eigenvalue weighted by Crippen LogP contribution is 2.37. The van der Waals surface area contributed by atoms with Crippen molar-refractivity contribution in [1.82, 2.24) is 15.1 Å². The molecule has 5 rings (SSSR count). The molecule has 4 aromatic rings. The van der Waals surface area contributed by atoms with Crippen molar-refractivity contribution in [2.45, 2.75) is 19.3 Å². The first-order valence-electron chi connectivity index (χ1n) is 9.48. The number of anilines is 1. The van der Waals surface area contributed by atoms with E-state index in [2.05, 4.69) is 15.1 Å². The summed E-state index contributed by atoms with van der Waals surface area (Å²) in [4.78, 5) is 22.2. The molecule has 7 nitrogen and oxygen atoms in total. The first-order chi connectivity index (χ1) is 14.1. The highest BCUT2D eigenvalue weighted by molar-refractivity contribution is 5.97. The van der Waals surface area contributed by atoms with Gasteiger partial charge in [-0.2, -0.15) is 4.98 Å². The third-order valence-electron chi connectivity index (χ3n) is 5.36. The molecule has 1 saturated heterocycles. The monoisotopic (exact) mass is 388 g/mol. The molecule has 1 unspecified atom stereocenters. The van der Waals surface area contributed by atoms with Crippen LogP contribution in [-0.4, -0.2) is 34.7 Å². The molecule has 2 aromatic carbocycles. The fourth-order valence-electron chi connectivity index (χ4n) is 3.82. The van der Waals surface area contributed by atoms with Crippen LogP contribution in [0.15, 0.2) is 53.2 Å². The third kappa shape index (κ3) is 3.04. The second-order valence-corrected chi connectivity index (χ2v) is 7.32. The maximum Gasteiger partial charge on any atom is 0.258 e. The molecule has 0 aliphatic carbocycles. The SMILES string of the molecule is COc1ccc(C)cc1N1CC(c2noc(-c3ccc4cc[nH]c4c3)n2)CC1=O. The normalized spacial score (nSPS) is 16.7. The summed E-state index contributed by atoms with van der Waals surface area (Å²) in [5.41, 5.74) is 3.70. The minimum absolute atomic E-state index is 0.0260. The van der Waals surface area contributed by atoms with Gasteiger partial charge < -0.3 is 19.1 Å². The Bertz CT molecular complexity index is 1210. The van der Waals surface area contributed by atoms with Gasteiger partial charge in [-0.25, -0.2) is 0 Å². The molecule has 146 valence electrons. The van der Waals surface area contributed by atoms with Crippen LogP contribution in [-0.2, 0) is 4.79 Å². The van der Waals surface area contributed by atoms with E-state index < -0.39 is 0 Å². The smallest absolute Gasteiger partial charge is 0.258 e. The zero-order valence-electron chi connectivity index (χ0n) is 16.2. The van der Waals surface area contributed by atoms with Gasteiger partial charge in [0.1, 0.15) is 5.75 Å². The number of benzene rings is 2. The average molecular weight is 388 g/mol. The molecule has 1 aliphatic rings. The van der Waals surface area contributed by atoms with Crippen LogP contribution in [0, 0.1) is 6.92 Å². The largest absolute Gasteiger partial charge is 0.495 e. The van der Waals surface area contributed by atoms with Crippen molar-refractivity contribution >= 4 is 22.5 Å². The summed E-state index contributed by atoms with van der Waals surface area (Å²) in [6.45, 7) is 2.49. The van der Waals surface area contributed by atoms with Crippen molar-refractivity contribution in [2.75, 3.05) is 18.6 Å². The third-order valence-corrected chi connectivity index (χ3v) is 5.36. The van der Waals surface area contributed by atoms with Gasteiger partial charge in [-0.15, -0.1) is 0 Å². The Hall–Kier alpha value is -3.61. The summed E-state index contributed by atoms with van der Waals surface area (Å²) < 4.78 is 10.9. The van der Waals surface area contributed by atoms with Gasteiger partial charge in [0.25, 0.3) is 5.89 Å². The fourth-order valence-corrected chi connectivity index (χ4v) is 3.82. The van der Waals surface area contributed by atoms with E-state index >= 15 is 0 Å². The van der Waals surface area contributed by atoms with Crippen LogP contribution in [0.2, 0.25) is 0 Å². The number of aromatic nitrogens is 3. The Morgan fingerprint density at radius 3 is 2.97 bits per heavy atom. The number of methoxy groups -OCH3 is 1. The van der Waals surface area contributed by atoms with E-state index in [1.807, 2.05) is 55.6 Å². The number of H-pyrrole nitrogens is 1. The zero-order valence-corrected chi connectivity index (χ0v) is 16.2. The molecular formula is C22H20N4O3. The minimum atomic E-state index is -0.126. The van der Waals surface area contributed by atoms with Gasteiger partial charge in [0, 0.05) is 36.2 Å². The average Bonchev–Trinajstić information content (AvgIpc) is 3.46. The van der Waals surface area contributed by atoms with E-state index in [0.29, 0.717) is 30.4 Å². The van der Waals surface area contributed by atoms with Crippen LogP contribution >= 0.6 is 0 Å². The Morgan fingerprint density at radius 2 is 2.10 bits per heavy atom. The Kier molecular flexibility index (Phi) is 4.08. The summed E-state index contributed by atoms with van der Waals surface area (Å²) >= 11 is 0. The molecule has 7 heteroatoms. The van der Waals surface area contributed by atoms with Gasteiger partial charge in [-0.3, -0.25) is 4.79 Å². The van der Waals surface area contributed by atoms with Crippen molar-refractivity contribution in [3.63, 3.8) is 0 Å². The standard InChI is InChI=1S/C22H20N4O3/c1-13-3-6-19(28-2)18(9-13)26-12-16(11-20(26)27)21-24-22(29-25-21)15-5-4-14-7-8-23-17(14)10-15/h3-10,16,23H,11-12H2,1-2H3. The highest BCUT2D eigenvalue weighted by Gasteiger charge is 2.36. The topological polar surface area (TPSA) is 84.2 Å². The van der Waals surface area contributed by atoms with Crippen molar-refractivity contribution in [1.29, 1.82) is 0 Å². The summed E-state index contributed by atoms with van der Waals surface area (Å²) in [5.74, 6) is 1.58. The number of nitrogens with zero attached hydrogens (tertiary/aromatic N) is 3. The first-order valence-corrected chi connectivity index (χ1v) is 9.48. The molecule has 1 atom stereocenters. The molecule has 1 aliphatic heterocycles. The molecule has 0 bridgehead atoms. The second-order valence-electron chi connectivity index (χ2n) is 7.32. The second kappa shape index (κ2) is 6.77. The molecule has 1 fully saturated rings. The van der Waals surface area contributed by atoms with E-state index in [4.69, 9.17) is 9.26 Å². The molecule has 3 heterocycles. The van der Waals surface area contributed by atoms with Crippen LogP contribution in [0.1, 0.15) is 23.7 Å². The van der Waals surface area contributed by atoms with Crippen molar-refractivity contribution in [2.24, 2.45) is 0 Å². The number of amides is 1. The predicted octanol–water partition coefficient (Wildman–Crippen LogP) is 4.06. The van der Waals surface area contributed by atoms with E-state index in [-0.39, 0.29) is 11.8 Å². The van der Waals surface area contributed by atoms with Gasteiger partial charge in [-0.05, 0) is 48.2 Å². The van der Waals surface area contributed by atoms with Crippen molar-refractivity contribution in [3.05, 3.63) is 60.0 Å². The molecular weight excluding hydrogens is 368 g/mol. The highest BCUT2D eigenvalue weighted by atomic mass is 16.5. The fraction of sp³-hybridized carbons (Fsp3) is 0.227.